The lowest BCUT2D eigenvalue weighted by molar-refractivity contribution is -0.0793. The molecule has 1 N–H and O–H groups in total. The zero-order valence-corrected chi connectivity index (χ0v) is 18.1. The van der Waals surface area contributed by atoms with Gasteiger partial charge < -0.3 is 9.64 Å². The smallest absolute Gasteiger partial charge is 0.272 e. The molecule has 2 aromatic heterocycles. The minimum Gasteiger partial charge on any atom is -0.375 e. The van der Waals surface area contributed by atoms with Crippen LogP contribution in [-0.2, 0) is 18.3 Å². The van der Waals surface area contributed by atoms with Gasteiger partial charge in [0.05, 0.1) is 17.0 Å². The van der Waals surface area contributed by atoms with E-state index in [1.54, 1.807) is 4.68 Å². The molecule has 7 heteroatoms. The van der Waals surface area contributed by atoms with Crippen LogP contribution < -0.4 is 0 Å². The van der Waals surface area contributed by atoms with Crippen molar-refractivity contribution in [3.8, 4) is 11.3 Å². The Kier molecular flexibility index (Phi) is 5.47. The number of H-pyrrole nitrogens is 1. The van der Waals surface area contributed by atoms with E-state index < -0.39 is 0 Å². The van der Waals surface area contributed by atoms with Crippen LogP contribution in [0, 0.1) is 6.92 Å². The van der Waals surface area contributed by atoms with Gasteiger partial charge in [0.15, 0.2) is 0 Å². The fourth-order valence-corrected chi connectivity index (χ4v) is 4.19. The van der Waals surface area contributed by atoms with Gasteiger partial charge in [-0.05, 0) is 45.2 Å². The first-order chi connectivity index (χ1) is 14.3. The number of carbonyl (C=O) groups excluding carboxylic acids is 1. The van der Waals surface area contributed by atoms with E-state index in [-0.39, 0.29) is 17.6 Å². The van der Waals surface area contributed by atoms with Crippen molar-refractivity contribution < 1.29 is 9.53 Å². The molecule has 3 aromatic rings. The van der Waals surface area contributed by atoms with Gasteiger partial charge in [0, 0.05) is 38.0 Å². The normalized spacial score (nSPS) is 18.3. The molecule has 1 aliphatic rings. The molecule has 3 heterocycles. The minimum absolute atomic E-state index is 0.0400. The summed E-state index contributed by atoms with van der Waals surface area (Å²) in [5.41, 5.74) is 3.90. The first-order valence-electron chi connectivity index (χ1n) is 10.4. The highest BCUT2D eigenvalue weighted by Gasteiger charge is 2.35. The zero-order chi connectivity index (χ0) is 21.3. The van der Waals surface area contributed by atoms with Crippen LogP contribution in [0.15, 0.2) is 42.6 Å². The molecule has 30 heavy (non-hydrogen) atoms. The number of rotatable bonds is 5. The quantitative estimate of drug-likeness (QED) is 0.699. The predicted molar refractivity (Wildman–Crippen MR) is 115 cm³/mol. The topological polar surface area (TPSA) is 76.0 Å². The average Bonchev–Trinajstić information content (AvgIpc) is 3.31. The second-order valence-corrected chi connectivity index (χ2v) is 8.64. The van der Waals surface area contributed by atoms with Crippen molar-refractivity contribution in [1.82, 2.24) is 24.9 Å². The molecule has 1 aromatic carbocycles. The molecule has 1 atom stereocenters. The fraction of sp³-hybridized carbons (Fsp3) is 0.435. The lowest BCUT2D eigenvalue weighted by atomic mass is 9.92. The number of aromatic amines is 1. The van der Waals surface area contributed by atoms with Crippen LogP contribution >= 0.6 is 0 Å². The van der Waals surface area contributed by atoms with Crippen molar-refractivity contribution in [2.45, 2.75) is 51.8 Å². The van der Waals surface area contributed by atoms with E-state index >= 15 is 0 Å². The van der Waals surface area contributed by atoms with Gasteiger partial charge in [-0.2, -0.15) is 10.2 Å². The summed E-state index contributed by atoms with van der Waals surface area (Å²) in [4.78, 5) is 15.6. The molecule has 158 valence electrons. The fourth-order valence-electron chi connectivity index (χ4n) is 4.19. The third-order valence-corrected chi connectivity index (χ3v) is 5.67. The van der Waals surface area contributed by atoms with Gasteiger partial charge in [0.2, 0.25) is 0 Å². The summed E-state index contributed by atoms with van der Waals surface area (Å²) < 4.78 is 7.65. The SMILES string of the molecule is Cc1nn(C)cc1-c1cc(C(=O)N(Cc2ccccc2)C2CCOC(C)(C)C2)[nH]n1. The molecule has 1 fully saturated rings. The van der Waals surface area contributed by atoms with Crippen molar-refractivity contribution in [3.63, 3.8) is 0 Å². The van der Waals surface area contributed by atoms with Crippen molar-refractivity contribution in [3.05, 3.63) is 59.5 Å². The summed E-state index contributed by atoms with van der Waals surface area (Å²) in [6, 6.07) is 12.0. The Morgan fingerprint density at radius 1 is 1.33 bits per heavy atom. The van der Waals surface area contributed by atoms with Gasteiger partial charge in [-0.3, -0.25) is 14.6 Å². The highest BCUT2D eigenvalue weighted by atomic mass is 16.5. The third-order valence-electron chi connectivity index (χ3n) is 5.67. The second-order valence-electron chi connectivity index (χ2n) is 8.64. The van der Waals surface area contributed by atoms with Crippen LogP contribution in [0.5, 0.6) is 0 Å². The largest absolute Gasteiger partial charge is 0.375 e. The number of benzene rings is 1. The molecule has 1 amide bonds. The van der Waals surface area contributed by atoms with Crippen molar-refractivity contribution in [1.29, 1.82) is 0 Å². The Labute approximate surface area is 177 Å². The number of aryl methyl sites for hydroxylation is 2. The van der Waals surface area contributed by atoms with Crippen LogP contribution in [0.1, 0.15) is 48.4 Å². The Morgan fingerprint density at radius 2 is 2.10 bits per heavy atom. The number of nitrogens with zero attached hydrogens (tertiary/aromatic N) is 4. The van der Waals surface area contributed by atoms with E-state index in [1.165, 1.54) is 0 Å². The molecule has 0 radical (unpaired) electrons. The highest BCUT2D eigenvalue weighted by Crippen LogP contribution is 2.30. The van der Waals surface area contributed by atoms with Gasteiger partial charge in [0.25, 0.3) is 5.91 Å². The van der Waals surface area contributed by atoms with Crippen molar-refractivity contribution in [2.24, 2.45) is 7.05 Å². The van der Waals surface area contributed by atoms with E-state index in [0.717, 1.165) is 35.4 Å². The molecular weight excluding hydrogens is 378 g/mol. The Hall–Kier alpha value is -2.93. The Balaban J connectivity index is 1.63. The lowest BCUT2D eigenvalue weighted by Gasteiger charge is -2.41. The van der Waals surface area contributed by atoms with Crippen LogP contribution in [-0.4, -0.2) is 49.0 Å². The molecule has 1 unspecified atom stereocenters. The lowest BCUT2D eigenvalue weighted by Crippen LogP contribution is -2.48. The van der Waals surface area contributed by atoms with E-state index in [2.05, 4.69) is 41.3 Å². The second kappa shape index (κ2) is 8.07. The molecule has 1 aliphatic heterocycles. The zero-order valence-electron chi connectivity index (χ0n) is 18.1. The molecule has 1 saturated heterocycles. The number of ether oxygens (including phenoxy) is 1. The molecule has 0 saturated carbocycles. The number of hydrogen-bond acceptors (Lipinski definition) is 4. The standard InChI is InChI=1S/C23H29N5O2/c1-16-19(15-27(4)26-16)20-12-21(25-24-20)22(29)28(14-17-8-6-5-7-9-17)18-10-11-30-23(2,3)13-18/h5-9,12,15,18H,10-11,13-14H2,1-4H3,(H,24,25). The summed E-state index contributed by atoms with van der Waals surface area (Å²) in [6.45, 7) is 7.32. The van der Waals surface area contributed by atoms with Gasteiger partial charge >= 0.3 is 0 Å². The number of aromatic nitrogens is 4. The first kappa shape index (κ1) is 20.3. The van der Waals surface area contributed by atoms with Gasteiger partial charge in [-0.25, -0.2) is 0 Å². The molecule has 0 spiro atoms. The summed E-state index contributed by atoms with van der Waals surface area (Å²) in [5.74, 6) is -0.0400. The number of hydrogen-bond donors (Lipinski definition) is 1. The molecule has 0 bridgehead atoms. The van der Waals surface area contributed by atoms with E-state index in [4.69, 9.17) is 4.74 Å². The summed E-state index contributed by atoms with van der Waals surface area (Å²) in [5, 5.41) is 11.7. The molecule has 4 rings (SSSR count). The summed E-state index contributed by atoms with van der Waals surface area (Å²) in [7, 11) is 1.88. The van der Waals surface area contributed by atoms with Gasteiger partial charge in [-0.1, -0.05) is 30.3 Å². The van der Waals surface area contributed by atoms with E-state index in [0.29, 0.717) is 18.8 Å². The van der Waals surface area contributed by atoms with Crippen molar-refractivity contribution in [2.75, 3.05) is 6.61 Å². The average molecular weight is 408 g/mol. The highest BCUT2D eigenvalue weighted by molar-refractivity contribution is 5.93. The number of carbonyl (C=O) groups is 1. The van der Waals surface area contributed by atoms with Crippen LogP contribution in [0.2, 0.25) is 0 Å². The maximum Gasteiger partial charge on any atom is 0.272 e. The number of amides is 1. The van der Waals surface area contributed by atoms with Crippen molar-refractivity contribution >= 4 is 5.91 Å². The summed E-state index contributed by atoms with van der Waals surface area (Å²) in [6.07, 6.45) is 3.54. The minimum atomic E-state index is -0.246. The monoisotopic (exact) mass is 407 g/mol. The predicted octanol–water partition coefficient (Wildman–Crippen LogP) is 3.72. The van der Waals surface area contributed by atoms with Gasteiger partial charge in [0.1, 0.15) is 5.69 Å². The maximum atomic E-state index is 13.6. The van der Waals surface area contributed by atoms with E-state index in [1.807, 2.05) is 49.3 Å². The Bertz CT molecular complexity index is 1020. The first-order valence-corrected chi connectivity index (χ1v) is 10.4. The third kappa shape index (κ3) is 4.31. The molecule has 7 nitrogen and oxygen atoms in total. The number of nitrogens with one attached hydrogen (secondary N) is 1. The van der Waals surface area contributed by atoms with E-state index in [9.17, 15) is 4.79 Å². The summed E-state index contributed by atoms with van der Waals surface area (Å²) >= 11 is 0. The van der Waals surface area contributed by atoms with Crippen LogP contribution in [0.4, 0.5) is 0 Å². The van der Waals surface area contributed by atoms with Crippen LogP contribution in [0.25, 0.3) is 11.3 Å². The Morgan fingerprint density at radius 3 is 2.77 bits per heavy atom. The maximum absolute atomic E-state index is 13.6. The molecule has 0 aliphatic carbocycles. The molecular formula is C23H29N5O2. The van der Waals surface area contributed by atoms with Gasteiger partial charge in [-0.15, -0.1) is 0 Å². The van der Waals surface area contributed by atoms with Crippen LogP contribution in [0.3, 0.4) is 0 Å².